The van der Waals surface area contributed by atoms with Crippen LogP contribution in [-0.2, 0) is 9.47 Å². The van der Waals surface area contributed by atoms with Gasteiger partial charge in [-0.15, -0.1) is 0 Å². The Morgan fingerprint density at radius 1 is 1.38 bits per heavy atom. The highest BCUT2D eigenvalue weighted by Gasteiger charge is 2.38. The molecule has 1 aliphatic rings. The summed E-state index contributed by atoms with van der Waals surface area (Å²) < 4.78 is 10.8. The van der Waals surface area contributed by atoms with E-state index in [9.17, 15) is 0 Å². The van der Waals surface area contributed by atoms with E-state index in [0.29, 0.717) is 0 Å². The van der Waals surface area contributed by atoms with Crippen molar-refractivity contribution in [2.24, 2.45) is 0 Å². The molecule has 0 heterocycles. The maximum Gasteiger partial charge on any atom is 0.182 e. The summed E-state index contributed by atoms with van der Waals surface area (Å²) >= 11 is 0. The van der Waals surface area contributed by atoms with Crippen molar-refractivity contribution in [2.45, 2.75) is 12.1 Å². The number of nitrogens with zero attached hydrogens (tertiary/aromatic N) is 1. The van der Waals surface area contributed by atoms with E-state index < -0.39 is 5.72 Å². The summed E-state index contributed by atoms with van der Waals surface area (Å²) in [4.78, 5) is 2.02. The average Bonchev–Trinajstić information content (AvgIpc) is 2.17. The topological polar surface area (TPSA) is 21.7 Å². The molecule has 0 bridgehead atoms. The zero-order valence-corrected chi connectivity index (χ0v) is 8.70. The molecule has 3 nitrogen and oxygen atoms in total. The second-order valence-corrected chi connectivity index (χ2v) is 3.25. The molecule has 0 aromatic carbocycles. The molecule has 1 atom stereocenters. The van der Waals surface area contributed by atoms with Gasteiger partial charge in [0.05, 0.1) is 7.11 Å². The Bertz CT molecular complexity index is 233. The molecular weight excluding hydrogens is 166 g/mol. The van der Waals surface area contributed by atoms with Crippen LogP contribution in [0.1, 0.15) is 6.42 Å². The van der Waals surface area contributed by atoms with Gasteiger partial charge in [0.1, 0.15) is 5.76 Å². The maximum absolute atomic E-state index is 5.53. The van der Waals surface area contributed by atoms with Crippen LogP contribution in [0, 0.1) is 0 Å². The van der Waals surface area contributed by atoms with E-state index in [4.69, 9.17) is 9.47 Å². The van der Waals surface area contributed by atoms with Crippen molar-refractivity contribution in [1.29, 1.82) is 0 Å². The van der Waals surface area contributed by atoms with Crippen LogP contribution in [0.3, 0.4) is 0 Å². The van der Waals surface area contributed by atoms with Gasteiger partial charge >= 0.3 is 0 Å². The lowest BCUT2D eigenvalue weighted by molar-refractivity contribution is -0.112. The zero-order valence-electron chi connectivity index (χ0n) is 8.70. The summed E-state index contributed by atoms with van der Waals surface area (Å²) in [6, 6.07) is 0. The minimum Gasteiger partial charge on any atom is -0.497 e. The van der Waals surface area contributed by atoms with E-state index in [-0.39, 0.29) is 0 Å². The first-order valence-electron chi connectivity index (χ1n) is 4.31. The Hall–Kier alpha value is -0.800. The summed E-state index contributed by atoms with van der Waals surface area (Å²) in [6.07, 6.45) is 6.81. The van der Waals surface area contributed by atoms with Gasteiger partial charge in [0.25, 0.3) is 0 Å². The average molecular weight is 183 g/mol. The Kier molecular flexibility index (Phi) is 3.12. The van der Waals surface area contributed by atoms with Crippen molar-refractivity contribution < 1.29 is 9.47 Å². The van der Waals surface area contributed by atoms with E-state index >= 15 is 0 Å². The van der Waals surface area contributed by atoms with E-state index in [1.165, 1.54) is 0 Å². The SMILES string of the molecule is COC1=CC=CCC1(OC)N(C)C. The lowest BCUT2D eigenvalue weighted by atomic mass is 10.0. The van der Waals surface area contributed by atoms with Crippen LogP contribution >= 0.6 is 0 Å². The third kappa shape index (κ3) is 1.62. The minimum absolute atomic E-state index is 0.427. The molecule has 1 unspecified atom stereocenters. The van der Waals surface area contributed by atoms with Crippen molar-refractivity contribution in [3.05, 3.63) is 24.0 Å². The normalized spacial score (nSPS) is 27.6. The van der Waals surface area contributed by atoms with Crippen molar-refractivity contribution in [3.63, 3.8) is 0 Å². The zero-order chi connectivity index (χ0) is 9.90. The highest BCUT2D eigenvalue weighted by atomic mass is 16.5. The standard InChI is InChI=1S/C10H17NO2/c1-11(2)10(13-4)8-6-5-7-9(10)12-3/h5-7H,8H2,1-4H3. The van der Waals surface area contributed by atoms with Gasteiger partial charge in [-0.3, -0.25) is 4.90 Å². The molecule has 0 aromatic heterocycles. The molecule has 0 fully saturated rings. The number of likely N-dealkylation sites (N-methyl/N-ethyl adjacent to an activating group) is 1. The van der Waals surface area contributed by atoms with Gasteiger partial charge in [-0.1, -0.05) is 12.2 Å². The Morgan fingerprint density at radius 3 is 2.46 bits per heavy atom. The summed E-state index contributed by atoms with van der Waals surface area (Å²) in [7, 11) is 7.33. The Morgan fingerprint density at radius 2 is 2.08 bits per heavy atom. The molecular formula is C10H17NO2. The van der Waals surface area contributed by atoms with Crippen LogP contribution in [0.5, 0.6) is 0 Å². The lowest BCUT2D eigenvalue weighted by Crippen LogP contribution is -2.48. The number of hydrogen-bond donors (Lipinski definition) is 0. The lowest BCUT2D eigenvalue weighted by Gasteiger charge is -2.39. The molecule has 13 heavy (non-hydrogen) atoms. The van der Waals surface area contributed by atoms with Gasteiger partial charge in [0.15, 0.2) is 5.72 Å². The van der Waals surface area contributed by atoms with Crippen molar-refractivity contribution in [3.8, 4) is 0 Å². The summed E-state index contributed by atoms with van der Waals surface area (Å²) in [5, 5.41) is 0. The van der Waals surface area contributed by atoms with E-state index in [1.54, 1.807) is 14.2 Å². The molecule has 1 aliphatic carbocycles. The van der Waals surface area contributed by atoms with Crippen molar-refractivity contribution in [1.82, 2.24) is 4.90 Å². The highest BCUT2D eigenvalue weighted by molar-refractivity contribution is 5.23. The maximum atomic E-state index is 5.53. The third-order valence-electron chi connectivity index (χ3n) is 2.44. The first-order chi connectivity index (χ1) is 6.17. The number of rotatable bonds is 3. The number of allylic oxidation sites excluding steroid dienone is 2. The van der Waals surface area contributed by atoms with Crippen LogP contribution in [0.4, 0.5) is 0 Å². The van der Waals surface area contributed by atoms with Gasteiger partial charge in [0.2, 0.25) is 0 Å². The molecule has 0 saturated heterocycles. The van der Waals surface area contributed by atoms with Crippen LogP contribution in [-0.4, -0.2) is 38.9 Å². The first-order valence-corrected chi connectivity index (χ1v) is 4.31. The molecule has 74 valence electrons. The molecule has 3 heteroatoms. The summed E-state index contributed by atoms with van der Waals surface area (Å²) in [6.45, 7) is 0. The van der Waals surface area contributed by atoms with E-state index in [2.05, 4.69) is 6.08 Å². The molecule has 0 amide bonds. The Labute approximate surface area is 79.6 Å². The minimum atomic E-state index is -0.427. The van der Waals surface area contributed by atoms with Crippen LogP contribution in [0.25, 0.3) is 0 Å². The monoisotopic (exact) mass is 183 g/mol. The molecule has 0 spiro atoms. The van der Waals surface area contributed by atoms with Crippen molar-refractivity contribution in [2.75, 3.05) is 28.3 Å². The van der Waals surface area contributed by atoms with Gasteiger partial charge < -0.3 is 9.47 Å². The summed E-state index contributed by atoms with van der Waals surface area (Å²) in [5.74, 6) is 0.850. The predicted molar refractivity (Wildman–Crippen MR) is 52.3 cm³/mol. The van der Waals surface area contributed by atoms with Gasteiger partial charge in [-0.05, 0) is 20.2 Å². The van der Waals surface area contributed by atoms with Crippen molar-refractivity contribution >= 4 is 0 Å². The highest BCUT2D eigenvalue weighted by Crippen LogP contribution is 2.31. The van der Waals surface area contributed by atoms with Gasteiger partial charge in [-0.25, -0.2) is 0 Å². The van der Waals surface area contributed by atoms with Crippen LogP contribution in [0.2, 0.25) is 0 Å². The first kappa shape index (κ1) is 10.3. The molecule has 0 N–H and O–H groups in total. The molecule has 0 aromatic rings. The predicted octanol–water partition coefficient (Wildman–Crippen LogP) is 1.38. The molecule has 0 saturated carbocycles. The van der Waals surface area contributed by atoms with Gasteiger partial charge in [0, 0.05) is 13.5 Å². The van der Waals surface area contributed by atoms with Crippen LogP contribution in [0.15, 0.2) is 24.0 Å². The van der Waals surface area contributed by atoms with E-state index in [0.717, 1.165) is 12.2 Å². The fraction of sp³-hybridized carbons (Fsp3) is 0.600. The summed E-state index contributed by atoms with van der Waals surface area (Å²) in [5.41, 5.74) is -0.427. The second kappa shape index (κ2) is 3.94. The number of hydrogen-bond acceptors (Lipinski definition) is 3. The fourth-order valence-corrected chi connectivity index (χ4v) is 1.61. The quantitative estimate of drug-likeness (QED) is 0.617. The van der Waals surface area contributed by atoms with Crippen LogP contribution < -0.4 is 0 Å². The molecule has 1 rings (SSSR count). The number of ether oxygens (including phenoxy) is 2. The van der Waals surface area contributed by atoms with Gasteiger partial charge in [-0.2, -0.15) is 0 Å². The van der Waals surface area contributed by atoms with E-state index in [1.807, 2.05) is 31.1 Å². The second-order valence-electron chi connectivity index (χ2n) is 3.25. The molecule has 0 aliphatic heterocycles. The smallest absolute Gasteiger partial charge is 0.182 e. The fourth-order valence-electron chi connectivity index (χ4n) is 1.61. The third-order valence-corrected chi connectivity index (χ3v) is 2.44. The molecule has 0 radical (unpaired) electrons. The largest absolute Gasteiger partial charge is 0.497 e. The Balaban J connectivity index is 2.98. The number of methoxy groups -OCH3 is 2.